The van der Waals surface area contributed by atoms with Gasteiger partial charge in [0.1, 0.15) is 0 Å². The van der Waals surface area contributed by atoms with Crippen LogP contribution in [0.25, 0.3) is 6.08 Å². The van der Waals surface area contributed by atoms with E-state index in [1.165, 1.54) is 6.08 Å². The van der Waals surface area contributed by atoms with Gasteiger partial charge in [-0.2, -0.15) is 0 Å². The number of hydrogen-bond acceptors (Lipinski definition) is 3. The van der Waals surface area contributed by atoms with E-state index < -0.39 is 57.0 Å². The van der Waals surface area contributed by atoms with Crippen LogP contribution in [0.1, 0.15) is 51.3 Å². The van der Waals surface area contributed by atoms with Crippen molar-refractivity contribution < 1.29 is 27.2 Å². The van der Waals surface area contributed by atoms with Crippen LogP contribution in [-0.4, -0.2) is 18.6 Å². The Bertz CT molecular complexity index is 1390. The summed E-state index contributed by atoms with van der Waals surface area (Å²) in [5.41, 5.74) is 1.31. The number of benzene rings is 3. The van der Waals surface area contributed by atoms with Gasteiger partial charge in [-0.15, -0.1) is 0 Å². The highest BCUT2D eigenvalue weighted by Crippen LogP contribution is 2.48. The van der Waals surface area contributed by atoms with Crippen molar-refractivity contribution in [3.8, 4) is 0 Å². The maximum atomic E-state index is 14.2. The first kappa shape index (κ1) is 21.1. The Hall–Kier alpha value is -3.74. The lowest BCUT2D eigenvalue weighted by Gasteiger charge is -2.40. The Morgan fingerprint density at radius 2 is 1.30 bits per heavy atom. The van der Waals surface area contributed by atoms with Crippen LogP contribution in [0.3, 0.4) is 0 Å². The van der Waals surface area contributed by atoms with E-state index in [1.54, 1.807) is 12.1 Å². The van der Waals surface area contributed by atoms with Gasteiger partial charge in [0, 0.05) is 23.8 Å². The third kappa shape index (κ3) is 2.74. The Kier molecular flexibility index (Phi) is 4.40. The second kappa shape index (κ2) is 6.88. The van der Waals surface area contributed by atoms with Crippen molar-refractivity contribution >= 4 is 29.0 Å². The largest absolute Gasteiger partial charge is 0.344 e. The van der Waals surface area contributed by atoms with Gasteiger partial charge in [-0.3, -0.25) is 9.59 Å². The molecular formula is C26H17F4NO2. The summed E-state index contributed by atoms with van der Waals surface area (Å²) >= 11 is 0. The van der Waals surface area contributed by atoms with Gasteiger partial charge >= 0.3 is 0 Å². The zero-order valence-electron chi connectivity index (χ0n) is 17.9. The number of para-hydroxylation sites is 1. The molecule has 166 valence electrons. The van der Waals surface area contributed by atoms with Crippen LogP contribution in [0.15, 0.2) is 48.0 Å². The van der Waals surface area contributed by atoms with Crippen molar-refractivity contribution in [1.82, 2.24) is 0 Å². The minimum absolute atomic E-state index is 0.413. The van der Waals surface area contributed by atoms with E-state index in [-0.39, 0.29) is 0 Å². The first-order valence-corrected chi connectivity index (χ1v) is 10.2. The fraction of sp³-hybridized carbons (Fsp3) is 0.154. The van der Waals surface area contributed by atoms with E-state index in [0.29, 0.717) is 5.56 Å². The Morgan fingerprint density at radius 1 is 0.758 bits per heavy atom. The van der Waals surface area contributed by atoms with Crippen molar-refractivity contribution in [1.29, 1.82) is 0 Å². The second-order valence-electron chi connectivity index (χ2n) is 8.70. The molecule has 3 aromatic carbocycles. The third-order valence-corrected chi connectivity index (χ3v) is 6.52. The molecule has 3 nitrogen and oxygen atoms in total. The second-order valence-corrected chi connectivity index (χ2v) is 8.70. The Labute approximate surface area is 187 Å². The monoisotopic (exact) mass is 451 g/mol. The average molecular weight is 451 g/mol. The van der Waals surface area contributed by atoms with Crippen molar-refractivity contribution in [3.63, 3.8) is 0 Å². The molecule has 0 spiro atoms. The van der Waals surface area contributed by atoms with Crippen molar-refractivity contribution in [2.24, 2.45) is 0 Å². The summed E-state index contributed by atoms with van der Waals surface area (Å²) in [6.07, 6.45) is 1.20. The molecule has 1 heterocycles. The minimum atomic E-state index is -2.12. The lowest BCUT2D eigenvalue weighted by molar-refractivity contribution is 0.0988. The molecular weight excluding hydrogens is 434 g/mol. The zero-order chi connectivity index (χ0) is 23.8. The number of anilines is 2. The van der Waals surface area contributed by atoms with E-state index >= 15 is 0 Å². The zero-order valence-corrected chi connectivity index (χ0v) is 17.9. The molecule has 0 fully saturated rings. The summed E-state index contributed by atoms with van der Waals surface area (Å²) in [4.78, 5) is 27.4. The molecule has 0 radical (unpaired) electrons. The van der Waals surface area contributed by atoms with Gasteiger partial charge in [0.15, 0.2) is 23.3 Å². The fourth-order valence-electron chi connectivity index (χ4n) is 4.73. The molecule has 0 aromatic heterocycles. The first-order valence-electron chi connectivity index (χ1n) is 10.2. The smallest absolute Gasteiger partial charge is 0.200 e. The van der Waals surface area contributed by atoms with Gasteiger partial charge in [-0.1, -0.05) is 38.1 Å². The summed E-state index contributed by atoms with van der Waals surface area (Å²) in [5.74, 6) is -10.3. The summed E-state index contributed by atoms with van der Waals surface area (Å²) < 4.78 is 55.7. The molecule has 0 saturated carbocycles. The highest BCUT2D eigenvalue weighted by Gasteiger charge is 2.42. The van der Waals surface area contributed by atoms with Crippen LogP contribution in [0, 0.1) is 23.3 Å². The molecule has 3 aromatic rings. The van der Waals surface area contributed by atoms with Gasteiger partial charge in [0.2, 0.25) is 11.6 Å². The number of rotatable bonds is 1. The van der Waals surface area contributed by atoms with Gasteiger partial charge in [-0.25, -0.2) is 17.6 Å². The van der Waals surface area contributed by atoms with E-state index in [4.69, 9.17) is 0 Å². The van der Waals surface area contributed by atoms with E-state index in [0.717, 1.165) is 22.5 Å². The minimum Gasteiger partial charge on any atom is -0.344 e. The number of ketones is 2. The van der Waals surface area contributed by atoms with E-state index in [2.05, 4.69) is 0 Å². The third-order valence-electron chi connectivity index (χ3n) is 6.52. The van der Waals surface area contributed by atoms with Crippen LogP contribution < -0.4 is 4.90 Å². The van der Waals surface area contributed by atoms with Crippen molar-refractivity contribution in [2.45, 2.75) is 19.3 Å². The number of allylic oxidation sites excluding steroid dienone is 1. The molecule has 1 aliphatic heterocycles. The van der Waals surface area contributed by atoms with Gasteiger partial charge < -0.3 is 4.90 Å². The van der Waals surface area contributed by atoms with Gasteiger partial charge in [0.05, 0.1) is 16.7 Å². The van der Waals surface area contributed by atoms with E-state index in [9.17, 15) is 27.2 Å². The predicted octanol–water partition coefficient (Wildman–Crippen LogP) is 6.11. The van der Waals surface area contributed by atoms with Crippen LogP contribution in [0.2, 0.25) is 0 Å². The van der Waals surface area contributed by atoms with Crippen molar-refractivity contribution in [2.75, 3.05) is 11.9 Å². The molecule has 7 heteroatoms. The maximum Gasteiger partial charge on any atom is 0.200 e. The normalized spacial score (nSPS) is 16.0. The summed E-state index contributed by atoms with van der Waals surface area (Å²) in [5, 5.41) is 0. The number of Topliss-reactive ketones (excluding diaryl/α,β-unsaturated/α-hetero) is 2. The van der Waals surface area contributed by atoms with Gasteiger partial charge in [-0.05, 0) is 41.0 Å². The molecule has 1 aliphatic carbocycles. The molecule has 5 rings (SSSR count). The molecule has 0 unspecified atom stereocenters. The Balaban J connectivity index is 1.65. The molecule has 0 amide bonds. The summed E-state index contributed by atoms with van der Waals surface area (Å²) in [6.45, 7) is 4.10. The SMILES string of the molecule is CN1c2ccccc2C(C)(C)c2cc(C=C3C(=O)c4c(F)c(F)c(F)c(F)c4C3=O)ccc21. The Morgan fingerprint density at radius 3 is 1.91 bits per heavy atom. The number of carbonyl (C=O) groups is 2. The fourth-order valence-corrected chi connectivity index (χ4v) is 4.73. The average Bonchev–Trinajstić information content (AvgIpc) is 3.05. The quantitative estimate of drug-likeness (QED) is 0.147. The molecule has 33 heavy (non-hydrogen) atoms. The lowest BCUT2D eigenvalue weighted by atomic mass is 9.73. The lowest BCUT2D eigenvalue weighted by Crippen LogP contribution is -2.30. The number of fused-ring (bicyclic) bond motifs is 3. The highest BCUT2D eigenvalue weighted by molar-refractivity contribution is 6.41. The first-order chi connectivity index (χ1) is 15.6. The number of hydrogen-bond donors (Lipinski definition) is 0. The van der Waals surface area contributed by atoms with Crippen LogP contribution in [-0.2, 0) is 5.41 Å². The van der Waals surface area contributed by atoms with Crippen LogP contribution in [0.5, 0.6) is 0 Å². The maximum absolute atomic E-state index is 14.2. The van der Waals surface area contributed by atoms with E-state index in [1.807, 2.05) is 56.1 Å². The molecule has 0 N–H and O–H groups in total. The highest BCUT2D eigenvalue weighted by atomic mass is 19.2. The molecule has 0 bridgehead atoms. The molecule has 0 atom stereocenters. The van der Waals surface area contributed by atoms with Crippen LogP contribution >= 0.6 is 0 Å². The molecule has 0 saturated heterocycles. The number of carbonyl (C=O) groups excluding carboxylic acids is 2. The van der Waals surface area contributed by atoms with Crippen molar-refractivity contribution in [3.05, 3.63) is 99.1 Å². The topological polar surface area (TPSA) is 37.4 Å². The van der Waals surface area contributed by atoms with Gasteiger partial charge in [0.25, 0.3) is 0 Å². The summed E-state index contributed by atoms with van der Waals surface area (Å²) in [7, 11) is 1.93. The summed E-state index contributed by atoms with van der Waals surface area (Å²) in [6, 6.07) is 13.2. The predicted molar refractivity (Wildman–Crippen MR) is 116 cm³/mol. The standard InChI is InChI=1S/C26H17F4NO2/c1-26(2)14-6-4-5-7-16(14)31(3)17-9-8-12(11-15(17)26)10-13-24(32)18-19(25(13)33)21(28)23(30)22(29)20(18)27/h4-11H,1-3H3. The van der Waals surface area contributed by atoms with Crippen LogP contribution in [0.4, 0.5) is 28.9 Å². The molecule has 2 aliphatic rings. The number of halogens is 4. The number of nitrogens with zero attached hydrogens (tertiary/aromatic N) is 1.